The highest BCUT2D eigenvalue weighted by Gasteiger charge is 2.28. The van der Waals surface area contributed by atoms with Gasteiger partial charge in [-0.1, -0.05) is 11.6 Å². The van der Waals surface area contributed by atoms with Crippen LogP contribution in [0.15, 0.2) is 6.20 Å². The van der Waals surface area contributed by atoms with E-state index >= 15 is 0 Å². The minimum absolute atomic E-state index is 0.0479. The molecule has 2 heterocycles. The average molecular weight is 242 g/mol. The van der Waals surface area contributed by atoms with E-state index in [1.807, 2.05) is 13.8 Å². The Labute approximate surface area is 100.0 Å². The number of Topliss-reactive ketones (excluding diaryl/α,β-unsaturated/α-hetero) is 1. The van der Waals surface area contributed by atoms with Gasteiger partial charge in [0.25, 0.3) is 0 Å². The standard InChI is InChI=1S/C11H16ClN3O/c1-7(2)15-10(9(12)6-14-15)11(16)8-3-4-13-5-8/h6-8,13H,3-5H2,1-2H3. The summed E-state index contributed by atoms with van der Waals surface area (Å²) in [5.41, 5.74) is 0.561. The van der Waals surface area contributed by atoms with Gasteiger partial charge in [-0.3, -0.25) is 9.48 Å². The fraction of sp³-hybridized carbons (Fsp3) is 0.636. The Morgan fingerprint density at radius 3 is 3.00 bits per heavy atom. The second-order valence-electron chi connectivity index (χ2n) is 4.43. The normalized spacial score (nSPS) is 20.6. The highest BCUT2D eigenvalue weighted by atomic mass is 35.5. The summed E-state index contributed by atoms with van der Waals surface area (Å²) in [5.74, 6) is 0.160. The first kappa shape index (κ1) is 11.6. The number of hydrogen-bond acceptors (Lipinski definition) is 3. The smallest absolute Gasteiger partial charge is 0.186 e. The number of carbonyl (C=O) groups is 1. The molecule has 0 amide bonds. The minimum atomic E-state index is 0.0479. The number of aromatic nitrogens is 2. The first-order chi connectivity index (χ1) is 7.61. The van der Waals surface area contributed by atoms with Crippen LogP contribution in [0.3, 0.4) is 0 Å². The zero-order valence-electron chi connectivity index (χ0n) is 9.53. The molecule has 1 atom stereocenters. The molecular formula is C11H16ClN3O. The zero-order chi connectivity index (χ0) is 11.7. The van der Waals surface area contributed by atoms with Crippen molar-refractivity contribution in [1.82, 2.24) is 15.1 Å². The number of halogens is 1. The first-order valence-corrected chi connectivity index (χ1v) is 5.97. The van der Waals surface area contributed by atoms with Crippen molar-refractivity contribution in [2.75, 3.05) is 13.1 Å². The van der Waals surface area contributed by atoms with Crippen LogP contribution in [-0.2, 0) is 0 Å². The van der Waals surface area contributed by atoms with E-state index in [2.05, 4.69) is 10.4 Å². The van der Waals surface area contributed by atoms with Crippen LogP contribution < -0.4 is 5.32 Å². The van der Waals surface area contributed by atoms with Crippen LogP contribution in [0.4, 0.5) is 0 Å². The molecule has 16 heavy (non-hydrogen) atoms. The van der Waals surface area contributed by atoms with Crippen molar-refractivity contribution in [3.8, 4) is 0 Å². The Morgan fingerprint density at radius 2 is 2.44 bits per heavy atom. The zero-order valence-corrected chi connectivity index (χ0v) is 10.3. The largest absolute Gasteiger partial charge is 0.316 e. The fourth-order valence-electron chi connectivity index (χ4n) is 2.04. The summed E-state index contributed by atoms with van der Waals surface area (Å²) in [7, 11) is 0. The molecule has 0 bridgehead atoms. The summed E-state index contributed by atoms with van der Waals surface area (Å²) in [4.78, 5) is 12.3. The number of ketones is 1. The molecule has 4 nitrogen and oxygen atoms in total. The van der Waals surface area contributed by atoms with Gasteiger partial charge in [0.05, 0.1) is 11.2 Å². The molecule has 2 rings (SSSR count). The van der Waals surface area contributed by atoms with Crippen molar-refractivity contribution in [1.29, 1.82) is 0 Å². The maximum absolute atomic E-state index is 12.3. The lowest BCUT2D eigenvalue weighted by Crippen LogP contribution is -2.22. The van der Waals surface area contributed by atoms with E-state index < -0.39 is 0 Å². The minimum Gasteiger partial charge on any atom is -0.316 e. The van der Waals surface area contributed by atoms with Gasteiger partial charge in [-0.05, 0) is 26.8 Å². The third kappa shape index (κ3) is 1.99. The number of carbonyl (C=O) groups excluding carboxylic acids is 1. The van der Waals surface area contributed by atoms with Crippen molar-refractivity contribution in [3.05, 3.63) is 16.9 Å². The summed E-state index contributed by atoms with van der Waals surface area (Å²) < 4.78 is 1.71. The van der Waals surface area contributed by atoms with E-state index in [0.29, 0.717) is 10.7 Å². The van der Waals surface area contributed by atoms with Gasteiger partial charge < -0.3 is 5.32 Å². The Balaban J connectivity index is 2.31. The molecule has 0 aliphatic carbocycles. The highest BCUT2D eigenvalue weighted by molar-refractivity contribution is 6.33. The van der Waals surface area contributed by atoms with Gasteiger partial charge >= 0.3 is 0 Å². The van der Waals surface area contributed by atoms with Crippen LogP contribution >= 0.6 is 11.6 Å². The summed E-state index contributed by atoms with van der Waals surface area (Å²) in [6.45, 7) is 5.64. The van der Waals surface area contributed by atoms with E-state index in [-0.39, 0.29) is 17.7 Å². The van der Waals surface area contributed by atoms with Gasteiger partial charge in [-0.2, -0.15) is 5.10 Å². The van der Waals surface area contributed by atoms with E-state index in [1.54, 1.807) is 10.9 Å². The molecule has 1 aromatic rings. The van der Waals surface area contributed by atoms with Gasteiger partial charge in [-0.15, -0.1) is 0 Å². The maximum atomic E-state index is 12.3. The topological polar surface area (TPSA) is 46.9 Å². The van der Waals surface area contributed by atoms with Crippen LogP contribution in [0.25, 0.3) is 0 Å². The van der Waals surface area contributed by atoms with Crippen LogP contribution in [0, 0.1) is 5.92 Å². The van der Waals surface area contributed by atoms with Gasteiger partial charge in [0.2, 0.25) is 0 Å². The number of hydrogen-bond donors (Lipinski definition) is 1. The van der Waals surface area contributed by atoms with Crippen LogP contribution in [-0.4, -0.2) is 28.7 Å². The Kier molecular flexibility index (Phi) is 3.30. The fourth-order valence-corrected chi connectivity index (χ4v) is 2.26. The first-order valence-electron chi connectivity index (χ1n) is 5.59. The van der Waals surface area contributed by atoms with Crippen LogP contribution in [0.1, 0.15) is 36.8 Å². The summed E-state index contributed by atoms with van der Waals surface area (Å²) in [6, 6.07) is 0.154. The van der Waals surface area contributed by atoms with E-state index in [0.717, 1.165) is 19.5 Å². The second kappa shape index (κ2) is 4.55. The van der Waals surface area contributed by atoms with Crippen LogP contribution in [0.2, 0.25) is 5.02 Å². The Bertz CT molecular complexity index is 394. The van der Waals surface area contributed by atoms with Crippen molar-refractivity contribution >= 4 is 17.4 Å². The van der Waals surface area contributed by atoms with Gasteiger partial charge in [-0.25, -0.2) is 0 Å². The molecule has 0 aromatic carbocycles. The molecule has 0 saturated carbocycles. The molecule has 1 N–H and O–H groups in total. The molecule has 0 spiro atoms. The molecule has 88 valence electrons. The molecule has 1 aromatic heterocycles. The summed E-state index contributed by atoms with van der Waals surface area (Å²) >= 11 is 6.04. The number of rotatable bonds is 3. The van der Waals surface area contributed by atoms with E-state index in [9.17, 15) is 4.79 Å². The molecule has 5 heteroatoms. The SMILES string of the molecule is CC(C)n1ncc(Cl)c1C(=O)C1CCNC1. The predicted octanol–water partition coefficient (Wildman–Crippen LogP) is 1.91. The lowest BCUT2D eigenvalue weighted by molar-refractivity contribution is 0.0917. The molecule has 1 aliphatic rings. The molecule has 1 fully saturated rings. The third-order valence-corrected chi connectivity index (χ3v) is 3.18. The predicted molar refractivity (Wildman–Crippen MR) is 62.9 cm³/mol. The van der Waals surface area contributed by atoms with Gasteiger partial charge in [0.1, 0.15) is 5.69 Å². The Morgan fingerprint density at radius 1 is 1.69 bits per heavy atom. The van der Waals surface area contributed by atoms with Crippen LogP contribution in [0.5, 0.6) is 0 Å². The summed E-state index contributed by atoms with van der Waals surface area (Å²) in [6.07, 6.45) is 2.44. The molecule has 1 unspecified atom stereocenters. The lowest BCUT2D eigenvalue weighted by atomic mass is 10.0. The van der Waals surface area contributed by atoms with Crippen molar-refractivity contribution in [2.24, 2.45) is 5.92 Å². The average Bonchev–Trinajstić information content (AvgIpc) is 2.84. The molecule has 1 aliphatic heterocycles. The van der Waals surface area contributed by atoms with Crippen molar-refractivity contribution < 1.29 is 4.79 Å². The van der Waals surface area contributed by atoms with Gasteiger partial charge in [0.15, 0.2) is 5.78 Å². The molecule has 1 saturated heterocycles. The Hall–Kier alpha value is -0.870. The quantitative estimate of drug-likeness (QED) is 0.823. The van der Waals surface area contributed by atoms with E-state index in [1.165, 1.54) is 0 Å². The van der Waals surface area contributed by atoms with Gasteiger partial charge in [0, 0.05) is 18.5 Å². The monoisotopic (exact) mass is 241 g/mol. The number of nitrogens with zero attached hydrogens (tertiary/aromatic N) is 2. The lowest BCUT2D eigenvalue weighted by Gasteiger charge is -2.13. The van der Waals surface area contributed by atoms with E-state index in [4.69, 9.17) is 11.6 Å². The number of nitrogens with one attached hydrogen (secondary N) is 1. The van der Waals surface area contributed by atoms with Crippen molar-refractivity contribution in [2.45, 2.75) is 26.3 Å². The highest BCUT2D eigenvalue weighted by Crippen LogP contribution is 2.24. The second-order valence-corrected chi connectivity index (χ2v) is 4.84. The maximum Gasteiger partial charge on any atom is 0.186 e. The molecular weight excluding hydrogens is 226 g/mol. The van der Waals surface area contributed by atoms with Crippen molar-refractivity contribution in [3.63, 3.8) is 0 Å². The molecule has 0 radical (unpaired) electrons. The third-order valence-electron chi connectivity index (χ3n) is 2.90. The summed E-state index contributed by atoms with van der Waals surface area (Å²) in [5, 5.41) is 7.80.